The van der Waals surface area contributed by atoms with Gasteiger partial charge in [-0.2, -0.15) is 0 Å². The molecule has 4 nitrogen and oxygen atoms in total. The SMILES string of the molecule is COC(=O)c1cc(C=CC=O)ccc1OCc1ccc(F)cc1. The minimum Gasteiger partial charge on any atom is -0.488 e. The minimum atomic E-state index is -0.541. The summed E-state index contributed by atoms with van der Waals surface area (Å²) >= 11 is 0. The molecule has 2 aromatic carbocycles. The van der Waals surface area contributed by atoms with Gasteiger partial charge in [0.25, 0.3) is 0 Å². The van der Waals surface area contributed by atoms with Crippen molar-refractivity contribution in [2.45, 2.75) is 6.61 Å². The van der Waals surface area contributed by atoms with Crippen LogP contribution in [0.3, 0.4) is 0 Å². The average Bonchev–Trinajstić information content (AvgIpc) is 2.59. The van der Waals surface area contributed by atoms with E-state index in [0.717, 1.165) is 5.56 Å². The van der Waals surface area contributed by atoms with E-state index in [9.17, 15) is 14.0 Å². The quantitative estimate of drug-likeness (QED) is 0.466. The second-order valence-electron chi connectivity index (χ2n) is 4.66. The number of hydrogen-bond acceptors (Lipinski definition) is 4. The average molecular weight is 314 g/mol. The lowest BCUT2D eigenvalue weighted by Gasteiger charge is -2.11. The van der Waals surface area contributed by atoms with Crippen molar-refractivity contribution in [3.63, 3.8) is 0 Å². The Morgan fingerprint density at radius 1 is 1.17 bits per heavy atom. The standard InChI is InChI=1S/C18H15FO4/c1-22-18(21)16-11-13(3-2-10-20)6-9-17(16)23-12-14-4-7-15(19)8-5-14/h2-11H,12H2,1H3. The van der Waals surface area contributed by atoms with Crippen LogP contribution >= 0.6 is 0 Å². The molecule has 118 valence electrons. The van der Waals surface area contributed by atoms with Gasteiger partial charge in [0.2, 0.25) is 0 Å². The predicted molar refractivity (Wildman–Crippen MR) is 83.6 cm³/mol. The monoisotopic (exact) mass is 314 g/mol. The molecule has 0 saturated heterocycles. The molecular weight excluding hydrogens is 299 g/mol. The molecule has 0 fully saturated rings. The van der Waals surface area contributed by atoms with Gasteiger partial charge in [0.1, 0.15) is 30.0 Å². The molecule has 0 atom stereocenters. The number of carbonyl (C=O) groups is 2. The van der Waals surface area contributed by atoms with E-state index in [4.69, 9.17) is 9.47 Å². The molecule has 0 aliphatic carbocycles. The summed E-state index contributed by atoms with van der Waals surface area (Å²) < 4.78 is 23.2. The number of esters is 1. The number of rotatable bonds is 6. The Labute approximate surface area is 133 Å². The third kappa shape index (κ3) is 4.51. The van der Waals surface area contributed by atoms with Crippen LogP contribution in [0.4, 0.5) is 4.39 Å². The first kappa shape index (κ1) is 16.4. The summed E-state index contributed by atoms with van der Waals surface area (Å²) in [4.78, 5) is 22.2. The molecule has 23 heavy (non-hydrogen) atoms. The Hall–Kier alpha value is -2.95. The number of ether oxygens (including phenoxy) is 2. The van der Waals surface area contributed by atoms with E-state index in [1.54, 1.807) is 36.4 Å². The summed E-state index contributed by atoms with van der Waals surface area (Å²) in [6, 6.07) is 10.8. The van der Waals surface area contributed by atoms with Crippen LogP contribution in [0.5, 0.6) is 5.75 Å². The first-order valence-electron chi connectivity index (χ1n) is 6.85. The van der Waals surface area contributed by atoms with Gasteiger partial charge in [-0.25, -0.2) is 9.18 Å². The van der Waals surface area contributed by atoms with Crippen molar-refractivity contribution in [1.29, 1.82) is 0 Å². The number of aldehydes is 1. The van der Waals surface area contributed by atoms with Gasteiger partial charge < -0.3 is 9.47 Å². The van der Waals surface area contributed by atoms with E-state index in [1.165, 1.54) is 25.3 Å². The van der Waals surface area contributed by atoms with E-state index in [-0.39, 0.29) is 18.0 Å². The molecule has 0 aromatic heterocycles. The van der Waals surface area contributed by atoms with Crippen molar-refractivity contribution < 1.29 is 23.5 Å². The molecule has 0 saturated carbocycles. The highest BCUT2D eigenvalue weighted by Gasteiger charge is 2.13. The molecule has 0 amide bonds. The Morgan fingerprint density at radius 3 is 2.57 bits per heavy atom. The Kier molecular flexibility index (Phi) is 5.63. The van der Waals surface area contributed by atoms with Crippen LogP contribution in [0.25, 0.3) is 6.08 Å². The van der Waals surface area contributed by atoms with Crippen molar-refractivity contribution in [2.75, 3.05) is 7.11 Å². The molecule has 0 radical (unpaired) electrons. The summed E-state index contributed by atoms with van der Waals surface area (Å²) in [6.07, 6.45) is 3.55. The van der Waals surface area contributed by atoms with Gasteiger partial charge in [-0.1, -0.05) is 24.3 Å². The van der Waals surface area contributed by atoms with Gasteiger partial charge in [-0.15, -0.1) is 0 Å². The zero-order chi connectivity index (χ0) is 16.7. The van der Waals surface area contributed by atoms with Gasteiger partial charge in [-0.3, -0.25) is 4.79 Å². The second-order valence-corrected chi connectivity index (χ2v) is 4.66. The maximum atomic E-state index is 12.9. The molecular formula is C18H15FO4. The Morgan fingerprint density at radius 2 is 1.91 bits per heavy atom. The fraction of sp³-hybridized carbons (Fsp3) is 0.111. The lowest BCUT2D eigenvalue weighted by atomic mass is 10.1. The topological polar surface area (TPSA) is 52.6 Å². The fourth-order valence-corrected chi connectivity index (χ4v) is 1.94. The van der Waals surface area contributed by atoms with Crippen LogP contribution in [0.15, 0.2) is 48.5 Å². The molecule has 5 heteroatoms. The van der Waals surface area contributed by atoms with E-state index >= 15 is 0 Å². The Bertz CT molecular complexity index is 720. The van der Waals surface area contributed by atoms with Crippen molar-refractivity contribution in [3.05, 3.63) is 71.0 Å². The van der Waals surface area contributed by atoms with Crippen LogP contribution in [0.1, 0.15) is 21.5 Å². The number of allylic oxidation sites excluding steroid dienone is 1. The molecule has 0 bridgehead atoms. The van der Waals surface area contributed by atoms with E-state index in [1.807, 2.05) is 0 Å². The smallest absolute Gasteiger partial charge is 0.341 e. The highest BCUT2D eigenvalue weighted by atomic mass is 19.1. The second kappa shape index (κ2) is 7.89. The fourth-order valence-electron chi connectivity index (χ4n) is 1.94. The van der Waals surface area contributed by atoms with Gasteiger partial charge in [-0.05, 0) is 41.5 Å². The predicted octanol–water partition coefficient (Wildman–Crippen LogP) is 3.40. The first-order valence-corrected chi connectivity index (χ1v) is 6.85. The largest absolute Gasteiger partial charge is 0.488 e. The summed E-state index contributed by atoms with van der Waals surface area (Å²) in [5.74, 6) is -0.514. The molecule has 2 rings (SSSR count). The zero-order valence-electron chi connectivity index (χ0n) is 12.5. The van der Waals surface area contributed by atoms with E-state index in [0.29, 0.717) is 17.6 Å². The van der Waals surface area contributed by atoms with Gasteiger partial charge in [0.05, 0.1) is 7.11 Å². The molecule has 0 spiro atoms. The lowest BCUT2D eigenvalue weighted by Crippen LogP contribution is -2.06. The van der Waals surface area contributed by atoms with Crippen LogP contribution < -0.4 is 4.74 Å². The molecule has 0 aliphatic heterocycles. The molecule has 0 aliphatic rings. The number of carbonyl (C=O) groups excluding carboxylic acids is 2. The molecule has 0 unspecified atom stereocenters. The molecule has 0 heterocycles. The number of benzene rings is 2. The van der Waals surface area contributed by atoms with E-state index in [2.05, 4.69) is 0 Å². The number of hydrogen-bond donors (Lipinski definition) is 0. The normalized spacial score (nSPS) is 10.5. The van der Waals surface area contributed by atoms with Gasteiger partial charge >= 0.3 is 5.97 Å². The molecule has 2 aromatic rings. The van der Waals surface area contributed by atoms with Gasteiger partial charge in [0.15, 0.2) is 0 Å². The zero-order valence-corrected chi connectivity index (χ0v) is 12.5. The van der Waals surface area contributed by atoms with Crippen molar-refractivity contribution in [3.8, 4) is 5.75 Å². The third-order valence-corrected chi connectivity index (χ3v) is 3.08. The highest BCUT2D eigenvalue weighted by molar-refractivity contribution is 5.93. The number of halogens is 1. The third-order valence-electron chi connectivity index (χ3n) is 3.08. The first-order chi connectivity index (χ1) is 11.1. The highest BCUT2D eigenvalue weighted by Crippen LogP contribution is 2.23. The summed E-state index contributed by atoms with van der Waals surface area (Å²) in [5, 5.41) is 0. The summed E-state index contributed by atoms with van der Waals surface area (Å²) in [7, 11) is 1.28. The van der Waals surface area contributed by atoms with Crippen molar-refractivity contribution in [2.24, 2.45) is 0 Å². The summed E-state index contributed by atoms with van der Waals surface area (Å²) in [6.45, 7) is 0.188. The maximum Gasteiger partial charge on any atom is 0.341 e. The van der Waals surface area contributed by atoms with Crippen LogP contribution in [-0.4, -0.2) is 19.4 Å². The lowest BCUT2D eigenvalue weighted by molar-refractivity contribution is -0.104. The van der Waals surface area contributed by atoms with Crippen molar-refractivity contribution >= 4 is 18.3 Å². The van der Waals surface area contributed by atoms with Crippen LogP contribution in [-0.2, 0) is 16.1 Å². The Balaban J connectivity index is 2.22. The van der Waals surface area contributed by atoms with E-state index < -0.39 is 5.97 Å². The van der Waals surface area contributed by atoms with Crippen LogP contribution in [0, 0.1) is 5.82 Å². The molecule has 0 N–H and O–H groups in total. The van der Waals surface area contributed by atoms with Gasteiger partial charge in [0, 0.05) is 0 Å². The number of methoxy groups -OCH3 is 1. The summed E-state index contributed by atoms with van der Waals surface area (Å²) in [5.41, 5.74) is 1.70. The van der Waals surface area contributed by atoms with Crippen molar-refractivity contribution in [1.82, 2.24) is 0 Å². The maximum absolute atomic E-state index is 12.9. The minimum absolute atomic E-state index is 0.188. The van der Waals surface area contributed by atoms with Crippen LogP contribution in [0.2, 0.25) is 0 Å².